The first-order valence-corrected chi connectivity index (χ1v) is 15.6. The van der Waals surface area contributed by atoms with Crippen molar-refractivity contribution in [2.45, 2.75) is 38.3 Å². The van der Waals surface area contributed by atoms with Gasteiger partial charge in [0.05, 0.1) is 22.0 Å². The summed E-state index contributed by atoms with van der Waals surface area (Å²) in [6, 6.07) is 12.7. The molecule has 0 aliphatic carbocycles. The standard InChI is InChI=1S/C15H14N4O2S.C10H10N2O2S.C6H6ClN.ClH/c1-8-6-10(21-7-9-2-4-18-5-3-9)19-15-11(8)12(16)13(22-15)14(17)20;1-6-3-9(14)12-10(8(6)4-11)15-5-7(2)13;7-5-6-1-3-8-4-2-6;/h2-6H,7,16H2,1H3,(H2,17,20);3H,5H2,1-2H3,(H,12,14);1-4H,5H2;1H. The average molecular weight is 701 g/mol. The number of ketones is 1. The molecule has 0 saturated carbocycles. The summed E-state index contributed by atoms with van der Waals surface area (Å²) in [5, 5.41) is 10.1. The number of nitrogens with one attached hydrogen (secondary N) is 1. The number of nitriles is 1. The quantitative estimate of drug-likeness (QED) is 0.133. The molecule has 5 rings (SSSR count). The van der Waals surface area contributed by atoms with Gasteiger partial charge in [-0.2, -0.15) is 5.26 Å². The predicted molar refractivity (Wildman–Crippen MR) is 185 cm³/mol. The number of aromatic nitrogens is 4. The zero-order valence-corrected chi connectivity index (χ0v) is 28.3. The summed E-state index contributed by atoms with van der Waals surface area (Å²) < 4.78 is 5.70. The average Bonchev–Trinajstić information content (AvgIpc) is 3.37. The van der Waals surface area contributed by atoms with Gasteiger partial charge in [0, 0.05) is 48.2 Å². The number of Topliss-reactive ketones (excluding diaryl/α,β-unsaturated/α-hetero) is 1. The third kappa shape index (κ3) is 10.8. The molecule has 0 aromatic carbocycles. The largest absolute Gasteiger partial charge is 0.473 e. The van der Waals surface area contributed by atoms with Crippen LogP contribution in [-0.4, -0.2) is 37.4 Å². The maximum absolute atomic E-state index is 11.4. The van der Waals surface area contributed by atoms with Gasteiger partial charge in [0.2, 0.25) is 11.4 Å². The van der Waals surface area contributed by atoms with Crippen molar-refractivity contribution in [1.29, 1.82) is 5.26 Å². The summed E-state index contributed by atoms with van der Waals surface area (Å²) >= 11 is 7.86. The number of amides is 1. The molecule has 0 atom stereocenters. The van der Waals surface area contributed by atoms with Crippen LogP contribution in [0.25, 0.3) is 10.2 Å². The van der Waals surface area contributed by atoms with Crippen LogP contribution in [0.5, 0.6) is 5.88 Å². The summed E-state index contributed by atoms with van der Waals surface area (Å²) in [6.45, 7) is 5.46. The number of anilines is 1. The van der Waals surface area contributed by atoms with E-state index in [0.29, 0.717) is 49.9 Å². The van der Waals surface area contributed by atoms with Gasteiger partial charge in [-0.05, 0) is 67.3 Å². The molecule has 5 aromatic heterocycles. The van der Waals surface area contributed by atoms with Gasteiger partial charge in [-0.3, -0.25) is 24.4 Å². The highest BCUT2D eigenvalue weighted by Crippen LogP contribution is 2.36. The fraction of sp³-hybridized carbons (Fsp3) is 0.194. The van der Waals surface area contributed by atoms with Crippen molar-refractivity contribution in [2.75, 3.05) is 11.5 Å². The number of nitrogens with two attached hydrogens (primary N) is 2. The number of pyridine rings is 4. The van der Waals surface area contributed by atoms with Crippen LogP contribution in [0, 0.1) is 25.2 Å². The SMILES string of the molecule is CC(=O)CSc1[nH]c(=O)cc(C)c1C#N.Cc1cc(OCc2ccncc2)nc2sc(C(N)=O)c(N)c12.Cl.ClCc1ccncc1. The molecule has 5 heterocycles. The summed E-state index contributed by atoms with van der Waals surface area (Å²) in [6.07, 6.45) is 6.88. The van der Waals surface area contributed by atoms with Crippen LogP contribution in [-0.2, 0) is 17.3 Å². The number of hydrogen-bond donors (Lipinski definition) is 3. The molecule has 5 N–H and O–H groups in total. The van der Waals surface area contributed by atoms with Crippen molar-refractivity contribution in [3.05, 3.63) is 104 Å². The van der Waals surface area contributed by atoms with E-state index in [1.54, 1.807) is 37.8 Å². The second kappa shape index (κ2) is 18.5. The van der Waals surface area contributed by atoms with E-state index in [2.05, 4.69) is 19.9 Å². The Hall–Kier alpha value is -4.48. The van der Waals surface area contributed by atoms with E-state index in [1.807, 2.05) is 37.3 Å². The Kier molecular flexibility index (Phi) is 15.1. The molecule has 11 nitrogen and oxygen atoms in total. The third-order valence-corrected chi connectivity index (χ3v) is 8.44. The number of fused-ring (bicyclic) bond motifs is 1. The second-order valence-corrected chi connectivity index (χ2v) is 11.7. The lowest BCUT2D eigenvalue weighted by Crippen LogP contribution is -2.10. The van der Waals surface area contributed by atoms with Crippen LogP contribution in [0.3, 0.4) is 0 Å². The van der Waals surface area contributed by atoms with Gasteiger partial charge >= 0.3 is 0 Å². The lowest BCUT2D eigenvalue weighted by atomic mass is 10.1. The Bertz CT molecular complexity index is 1880. The number of carbonyl (C=O) groups excluding carboxylic acids is 2. The maximum atomic E-state index is 11.4. The summed E-state index contributed by atoms with van der Waals surface area (Å²) in [5.74, 6) is 0.779. The number of nitrogen functional groups attached to an aromatic ring is 1. The normalized spacial score (nSPS) is 9.89. The number of aryl methyl sites for hydroxylation is 2. The minimum Gasteiger partial charge on any atom is -0.473 e. The molecule has 46 heavy (non-hydrogen) atoms. The molecule has 15 heteroatoms. The van der Waals surface area contributed by atoms with Crippen molar-refractivity contribution in [2.24, 2.45) is 5.73 Å². The Labute approximate surface area is 284 Å². The minimum absolute atomic E-state index is 0. The number of thioether (sulfide) groups is 1. The number of rotatable bonds is 8. The number of aromatic amines is 1. The van der Waals surface area contributed by atoms with E-state index in [-0.39, 0.29) is 29.5 Å². The number of nitrogens with zero attached hydrogens (tertiary/aromatic N) is 4. The first kappa shape index (κ1) is 37.7. The second-order valence-electron chi connectivity index (χ2n) is 9.42. The first-order chi connectivity index (χ1) is 21.5. The van der Waals surface area contributed by atoms with Crippen molar-refractivity contribution in [1.82, 2.24) is 19.9 Å². The van der Waals surface area contributed by atoms with E-state index >= 15 is 0 Å². The maximum Gasteiger partial charge on any atom is 0.260 e. The Morgan fingerprint density at radius 2 is 1.67 bits per heavy atom. The number of alkyl halides is 1. The van der Waals surface area contributed by atoms with Gasteiger partial charge in [0.15, 0.2) is 0 Å². The monoisotopic (exact) mass is 699 g/mol. The summed E-state index contributed by atoms with van der Waals surface area (Å²) in [5.41, 5.74) is 15.5. The zero-order chi connectivity index (χ0) is 32.9. The molecule has 0 fully saturated rings. The molecular weight excluding hydrogens is 669 g/mol. The van der Waals surface area contributed by atoms with E-state index in [9.17, 15) is 14.4 Å². The number of thiophene rings is 1. The number of ether oxygens (including phenoxy) is 1. The van der Waals surface area contributed by atoms with Crippen LogP contribution in [0.15, 0.2) is 71.0 Å². The van der Waals surface area contributed by atoms with Gasteiger partial charge in [0.25, 0.3) is 5.91 Å². The zero-order valence-electron chi connectivity index (χ0n) is 25.1. The van der Waals surface area contributed by atoms with Crippen LogP contribution in [0.1, 0.15) is 44.4 Å². The van der Waals surface area contributed by atoms with Crippen molar-refractivity contribution < 1.29 is 14.3 Å². The van der Waals surface area contributed by atoms with Crippen molar-refractivity contribution >= 4 is 74.7 Å². The fourth-order valence-corrected chi connectivity index (χ4v) is 5.79. The predicted octanol–water partition coefficient (Wildman–Crippen LogP) is 5.74. The number of primary amides is 1. The van der Waals surface area contributed by atoms with E-state index < -0.39 is 5.91 Å². The summed E-state index contributed by atoms with van der Waals surface area (Å²) in [7, 11) is 0. The van der Waals surface area contributed by atoms with E-state index in [1.165, 1.54) is 36.1 Å². The molecule has 0 saturated heterocycles. The Morgan fingerprint density at radius 3 is 2.20 bits per heavy atom. The Morgan fingerprint density at radius 1 is 1.07 bits per heavy atom. The molecule has 1 amide bonds. The Balaban J connectivity index is 0.000000265. The highest BCUT2D eigenvalue weighted by atomic mass is 35.5. The smallest absolute Gasteiger partial charge is 0.260 e. The minimum atomic E-state index is -0.542. The molecule has 0 aliphatic heterocycles. The van der Waals surface area contributed by atoms with Gasteiger partial charge in [-0.1, -0.05) is 11.8 Å². The molecule has 5 aromatic rings. The van der Waals surface area contributed by atoms with Gasteiger partial charge in [0.1, 0.15) is 28.2 Å². The molecule has 0 unspecified atom stereocenters. The number of carbonyl (C=O) groups is 2. The van der Waals surface area contributed by atoms with Crippen molar-refractivity contribution in [3.63, 3.8) is 0 Å². The number of hydrogen-bond acceptors (Lipinski definition) is 11. The lowest BCUT2D eigenvalue weighted by Gasteiger charge is -2.07. The summed E-state index contributed by atoms with van der Waals surface area (Å²) in [4.78, 5) is 49.1. The highest BCUT2D eigenvalue weighted by Gasteiger charge is 2.17. The van der Waals surface area contributed by atoms with Crippen molar-refractivity contribution in [3.8, 4) is 11.9 Å². The molecular formula is C31H31Cl2N7O4S2. The third-order valence-electron chi connectivity index (χ3n) is 5.87. The highest BCUT2D eigenvalue weighted by molar-refractivity contribution is 8.00. The van der Waals surface area contributed by atoms with Crippen LogP contribution >= 0.6 is 47.1 Å². The number of halogens is 2. The van der Waals surface area contributed by atoms with Gasteiger partial charge < -0.3 is 21.2 Å². The first-order valence-electron chi connectivity index (χ1n) is 13.3. The van der Waals surface area contributed by atoms with Gasteiger partial charge in [-0.25, -0.2) is 4.98 Å². The van der Waals surface area contributed by atoms with Crippen LogP contribution < -0.4 is 21.8 Å². The van der Waals surface area contributed by atoms with E-state index in [0.717, 1.165) is 22.1 Å². The molecule has 240 valence electrons. The number of H-pyrrole nitrogens is 1. The van der Waals surface area contributed by atoms with Crippen LogP contribution in [0.2, 0.25) is 0 Å². The van der Waals surface area contributed by atoms with Gasteiger partial charge in [-0.15, -0.1) is 35.3 Å². The van der Waals surface area contributed by atoms with Crippen LogP contribution in [0.4, 0.5) is 5.69 Å². The van der Waals surface area contributed by atoms with E-state index in [4.69, 9.17) is 33.1 Å². The topological polar surface area (TPSA) is 191 Å². The lowest BCUT2D eigenvalue weighted by molar-refractivity contribution is -0.114. The molecule has 0 bridgehead atoms. The fourth-order valence-electron chi connectivity index (χ4n) is 3.73. The molecule has 0 radical (unpaired) electrons. The molecule has 0 spiro atoms. The molecule has 0 aliphatic rings.